The zero-order valence-corrected chi connectivity index (χ0v) is 23.2. The molecule has 42 heavy (non-hydrogen) atoms. The van der Waals surface area contributed by atoms with Crippen molar-refractivity contribution < 1.29 is 0 Å². The number of allylic oxidation sites excluding steroid dienone is 6. The summed E-state index contributed by atoms with van der Waals surface area (Å²) in [6.07, 6.45) is 16.3. The first-order valence-corrected chi connectivity index (χ1v) is 14.9. The third-order valence-corrected chi connectivity index (χ3v) is 9.42. The molecule has 3 aliphatic carbocycles. The van der Waals surface area contributed by atoms with Crippen molar-refractivity contribution in [3.63, 3.8) is 0 Å². The topological polar surface area (TPSA) is 0 Å². The van der Waals surface area contributed by atoms with E-state index < -0.39 is 0 Å². The smallest absolute Gasteiger partial charge is 0.0199 e. The molecular formula is C42H28. The summed E-state index contributed by atoms with van der Waals surface area (Å²) < 4.78 is 0. The van der Waals surface area contributed by atoms with E-state index in [1.165, 1.54) is 77.2 Å². The van der Waals surface area contributed by atoms with Gasteiger partial charge in [0.1, 0.15) is 0 Å². The number of rotatable bonds is 3. The first-order chi connectivity index (χ1) is 20.9. The molecule has 2 atom stereocenters. The Morgan fingerprint density at radius 2 is 1.07 bits per heavy atom. The minimum Gasteiger partial charge on any atom is -0.0767 e. The van der Waals surface area contributed by atoms with Crippen molar-refractivity contribution in [2.45, 2.75) is 5.92 Å². The molecule has 0 bridgehead atoms. The summed E-state index contributed by atoms with van der Waals surface area (Å²) in [5, 5.41) is 5.18. The summed E-state index contributed by atoms with van der Waals surface area (Å²) >= 11 is 0. The molecule has 0 radical (unpaired) electrons. The van der Waals surface area contributed by atoms with Gasteiger partial charge in [-0.1, -0.05) is 158 Å². The van der Waals surface area contributed by atoms with Crippen LogP contribution in [0.4, 0.5) is 0 Å². The minimum atomic E-state index is 0.393. The first-order valence-electron chi connectivity index (χ1n) is 14.9. The van der Waals surface area contributed by atoms with Gasteiger partial charge in [-0.3, -0.25) is 0 Å². The monoisotopic (exact) mass is 532 g/mol. The Kier molecular flexibility index (Phi) is 5.12. The van der Waals surface area contributed by atoms with E-state index in [0.29, 0.717) is 11.8 Å². The molecule has 0 amide bonds. The Morgan fingerprint density at radius 3 is 1.79 bits per heavy atom. The number of fused-ring (bicyclic) bond motifs is 2. The predicted octanol–water partition coefficient (Wildman–Crippen LogP) is 11.2. The highest BCUT2D eigenvalue weighted by Crippen LogP contribution is 2.52. The fraction of sp³-hybridized carbons (Fsp3) is 0.0476. The molecule has 0 nitrogen and oxygen atoms in total. The minimum absolute atomic E-state index is 0.393. The lowest BCUT2D eigenvalue weighted by atomic mass is 9.67. The highest BCUT2D eigenvalue weighted by atomic mass is 14.4. The van der Waals surface area contributed by atoms with Crippen molar-refractivity contribution in [2.75, 3.05) is 0 Å². The van der Waals surface area contributed by atoms with Gasteiger partial charge in [-0.15, -0.1) is 0 Å². The van der Waals surface area contributed by atoms with Gasteiger partial charge in [-0.05, 0) is 77.2 Å². The average Bonchev–Trinajstić information content (AvgIpc) is 3.06. The van der Waals surface area contributed by atoms with E-state index in [9.17, 15) is 0 Å². The van der Waals surface area contributed by atoms with Gasteiger partial charge < -0.3 is 0 Å². The lowest BCUT2D eigenvalue weighted by Gasteiger charge is -2.36. The van der Waals surface area contributed by atoms with Gasteiger partial charge in [0.05, 0.1) is 0 Å². The second-order valence-corrected chi connectivity index (χ2v) is 11.6. The van der Waals surface area contributed by atoms with Crippen LogP contribution in [-0.4, -0.2) is 0 Å². The molecule has 0 aliphatic heterocycles. The Bertz CT molecular complexity index is 2130. The molecule has 0 fully saturated rings. The molecule has 0 heteroatoms. The summed E-state index contributed by atoms with van der Waals surface area (Å²) in [5.41, 5.74) is 13.3. The molecule has 9 rings (SSSR count). The van der Waals surface area contributed by atoms with Crippen LogP contribution in [0, 0.1) is 5.92 Å². The van der Waals surface area contributed by atoms with Crippen molar-refractivity contribution >= 4 is 33.7 Å². The van der Waals surface area contributed by atoms with Crippen LogP contribution in [-0.2, 0) is 0 Å². The van der Waals surface area contributed by atoms with E-state index in [1.54, 1.807) is 0 Å². The second-order valence-electron chi connectivity index (χ2n) is 11.6. The van der Waals surface area contributed by atoms with Crippen LogP contribution in [0.25, 0.3) is 67.1 Å². The Balaban J connectivity index is 1.38. The third-order valence-electron chi connectivity index (χ3n) is 9.42. The molecule has 196 valence electrons. The molecule has 6 aromatic rings. The van der Waals surface area contributed by atoms with Crippen LogP contribution in [0.3, 0.4) is 0 Å². The van der Waals surface area contributed by atoms with Crippen molar-refractivity contribution in [3.8, 4) is 33.4 Å². The molecule has 6 aromatic carbocycles. The molecule has 0 saturated heterocycles. The maximum atomic E-state index is 2.41. The van der Waals surface area contributed by atoms with Gasteiger partial charge in [0.25, 0.3) is 0 Å². The maximum absolute atomic E-state index is 2.41. The Hall–Kier alpha value is -5.20. The number of hydrogen-bond acceptors (Lipinski definition) is 0. The molecule has 3 aliphatic rings. The van der Waals surface area contributed by atoms with E-state index in [-0.39, 0.29) is 0 Å². The van der Waals surface area contributed by atoms with Crippen LogP contribution >= 0.6 is 0 Å². The summed E-state index contributed by atoms with van der Waals surface area (Å²) in [4.78, 5) is 0. The zero-order valence-electron chi connectivity index (χ0n) is 23.2. The normalized spacial score (nSPS) is 17.9. The molecule has 0 saturated carbocycles. The molecule has 0 aromatic heterocycles. The summed E-state index contributed by atoms with van der Waals surface area (Å²) in [5.74, 6) is 0.811. The van der Waals surface area contributed by atoms with Crippen molar-refractivity contribution in [1.82, 2.24) is 0 Å². The summed E-state index contributed by atoms with van der Waals surface area (Å²) in [6, 6.07) is 42.4. The highest BCUT2D eigenvalue weighted by molar-refractivity contribution is 6.23. The second kappa shape index (κ2) is 9.16. The molecule has 0 heterocycles. The SMILES string of the molecule is C1=CC2C=Cc3c(-c4c5ccccc5c(-c5ccccc5-c5ccccc5)c5ccccc45)ccc4c3C2C(=C1)C=C4. The first kappa shape index (κ1) is 23.5. The van der Waals surface area contributed by atoms with Crippen LogP contribution in [0.1, 0.15) is 22.6 Å². The molecule has 2 unspecified atom stereocenters. The van der Waals surface area contributed by atoms with Crippen LogP contribution in [0.2, 0.25) is 0 Å². The van der Waals surface area contributed by atoms with Crippen LogP contribution in [0.5, 0.6) is 0 Å². The molecule has 0 N–H and O–H groups in total. The lowest BCUT2D eigenvalue weighted by Crippen LogP contribution is -2.21. The van der Waals surface area contributed by atoms with Gasteiger partial charge in [0.2, 0.25) is 0 Å². The van der Waals surface area contributed by atoms with E-state index >= 15 is 0 Å². The zero-order chi connectivity index (χ0) is 27.6. The predicted molar refractivity (Wildman–Crippen MR) is 179 cm³/mol. The van der Waals surface area contributed by atoms with Gasteiger partial charge in [0.15, 0.2) is 0 Å². The van der Waals surface area contributed by atoms with E-state index in [1.807, 2.05) is 0 Å². The van der Waals surface area contributed by atoms with Crippen molar-refractivity contribution in [3.05, 3.63) is 168 Å². The third kappa shape index (κ3) is 3.36. The van der Waals surface area contributed by atoms with E-state index in [2.05, 4.69) is 158 Å². The number of benzene rings is 6. The quantitative estimate of drug-likeness (QED) is 0.199. The fourth-order valence-electron chi connectivity index (χ4n) is 7.64. The molecular weight excluding hydrogens is 504 g/mol. The summed E-state index contributed by atoms with van der Waals surface area (Å²) in [6.45, 7) is 0. The van der Waals surface area contributed by atoms with Crippen LogP contribution in [0.15, 0.2) is 151 Å². The Morgan fingerprint density at radius 1 is 0.452 bits per heavy atom. The van der Waals surface area contributed by atoms with Gasteiger partial charge in [-0.25, -0.2) is 0 Å². The van der Waals surface area contributed by atoms with E-state index in [0.717, 1.165) is 0 Å². The van der Waals surface area contributed by atoms with Crippen LogP contribution < -0.4 is 0 Å². The number of hydrogen-bond donors (Lipinski definition) is 0. The molecule has 0 spiro atoms. The van der Waals surface area contributed by atoms with Gasteiger partial charge in [0, 0.05) is 11.8 Å². The van der Waals surface area contributed by atoms with Gasteiger partial charge in [-0.2, -0.15) is 0 Å². The average molecular weight is 533 g/mol. The van der Waals surface area contributed by atoms with E-state index in [4.69, 9.17) is 0 Å². The largest absolute Gasteiger partial charge is 0.0767 e. The maximum Gasteiger partial charge on any atom is 0.0199 e. The van der Waals surface area contributed by atoms with Crippen molar-refractivity contribution in [2.24, 2.45) is 5.92 Å². The van der Waals surface area contributed by atoms with Gasteiger partial charge >= 0.3 is 0 Å². The Labute approximate surface area is 246 Å². The van der Waals surface area contributed by atoms with Crippen molar-refractivity contribution in [1.29, 1.82) is 0 Å². The highest BCUT2D eigenvalue weighted by Gasteiger charge is 2.34. The lowest BCUT2D eigenvalue weighted by molar-refractivity contribution is 0.665. The summed E-state index contributed by atoms with van der Waals surface area (Å²) in [7, 11) is 0. The standard InChI is InChI=1S/C42H28/c1-2-11-27(12-3-1)31-15-4-5-16-32(31)41-33-17-6-8-19-35(33)42(36-20-9-7-18-34(36)41)38-26-24-30-22-21-28-13-10-14-29-23-25-37(38)40(30)39(28)29/h1-26,29,39H. The fourth-order valence-corrected chi connectivity index (χ4v) is 7.64.